The van der Waals surface area contributed by atoms with Crippen LogP contribution in [-0.2, 0) is 0 Å². The molecule has 0 amide bonds. The number of benzene rings is 1. The lowest BCUT2D eigenvalue weighted by atomic mass is 9.94. The summed E-state index contributed by atoms with van der Waals surface area (Å²) in [6, 6.07) is 0.422. The van der Waals surface area contributed by atoms with Crippen LogP contribution in [0.2, 0.25) is 0 Å². The number of H-pyrrole nitrogens is 1. The number of carbonyl (C=O) groups is 2. The normalized spacial score (nSPS) is 10.7. The number of nitrogen functional groups attached to an aromatic ring is 1. The highest BCUT2D eigenvalue weighted by atomic mass is 79.9. The first-order chi connectivity index (χ1) is 11.1. The summed E-state index contributed by atoms with van der Waals surface area (Å²) in [5.41, 5.74) is -0.966. The lowest BCUT2D eigenvalue weighted by Gasteiger charge is -2.14. The van der Waals surface area contributed by atoms with E-state index in [4.69, 9.17) is 10.8 Å². The number of carboxylic acids is 2. The summed E-state index contributed by atoms with van der Waals surface area (Å²) in [5.74, 6) is -9.65. The standard InChI is InChI=1S/C13H6BrF3N2O5/c14-2-1-3(15)9(17)5(8(2)16)4-6(12(21)22)10(18)19-11(20)7(4)13(23)24/h1H,(H,21,22)(H,23,24)(H3,18,19,20). The largest absolute Gasteiger partial charge is 0.478 e. The molecule has 0 saturated carbocycles. The Balaban J connectivity index is 3.18. The van der Waals surface area contributed by atoms with E-state index in [1.165, 1.54) is 0 Å². The van der Waals surface area contributed by atoms with Crippen molar-refractivity contribution < 1.29 is 33.0 Å². The van der Waals surface area contributed by atoms with Gasteiger partial charge in [0.25, 0.3) is 5.56 Å². The Labute approximate surface area is 138 Å². The van der Waals surface area contributed by atoms with Gasteiger partial charge in [-0.05, 0) is 22.0 Å². The van der Waals surface area contributed by atoms with Gasteiger partial charge in [0, 0.05) is 5.56 Å². The monoisotopic (exact) mass is 406 g/mol. The molecule has 126 valence electrons. The predicted molar refractivity (Wildman–Crippen MR) is 78.4 cm³/mol. The van der Waals surface area contributed by atoms with Crippen molar-refractivity contribution >= 4 is 33.7 Å². The number of aromatic nitrogens is 1. The third kappa shape index (κ3) is 2.62. The van der Waals surface area contributed by atoms with Crippen molar-refractivity contribution in [3.05, 3.63) is 49.5 Å². The molecule has 0 saturated heterocycles. The second-order valence-electron chi connectivity index (χ2n) is 4.45. The Morgan fingerprint density at radius 3 is 2.08 bits per heavy atom. The predicted octanol–water partition coefficient (Wildman–Crippen LogP) is 2.20. The molecule has 1 heterocycles. The molecular weight excluding hydrogens is 401 g/mol. The smallest absolute Gasteiger partial charge is 0.342 e. The van der Waals surface area contributed by atoms with E-state index in [1.54, 1.807) is 4.98 Å². The molecule has 2 aromatic rings. The molecule has 7 nitrogen and oxygen atoms in total. The van der Waals surface area contributed by atoms with Gasteiger partial charge >= 0.3 is 11.9 Å². The van der Waals surface area contributed by atoms with E-state index in [0.29, 0.717) is 6.07 Å². The Morgan fingerprint density at radius 1 is 1.04 bits per heavy atom. The van der Waals surface area contributed by atoms with E-state index in [9.17, 15) is 32.7 Å². The highest BCUT2D eigenvalue weighted by Gasteiger charge is 2.32. The highest BCUT2D eigenvalue weighted by Crippen LogP contribution is 2.37. The summed E-state index contributed by atoms with van der Waals surface area (Å²) in [6.07, 6.45) is 0. The zero-order valence-corrected chi connectivity index (χ0v) is 12.9. The van der Waals surface area contributed by atoms with E-state index in [0.717, 1.165) is 0 Å². The topological polar surface area (TPSA) is 133 Å². The number of halogens is 4. The van der Waals surface area contributed by atoms with Crippen LogP contribution < -0.4 is 11.3 Å². The molecule has 11 heteroatoms. The van der Waals surface area contributed by atoms with Gasteiger partial charge in [-0.25, -0.2) is 22.8 Å². The minimum atomic E-state index is -1.98. The van der Waals surface area contributed by atoms with E-state index in [1.807, 2.05) is 0 Å². The van der Waals surface area contributed by atoms with Gasteiger partial charge in [0.1, 0.15) is 22.8 Å². The third-order valence-corrected chi connectivity index (χ3v) is 3.61. The summed E-state index contributed by atoms with van der Waals surface area (Å²) in [7, 11) is 0. The lowest BCUT2D eigenvalue weighted by molar-refractivity contribution is 0.0695. The summed E-state index contributed by atoms with van der Waals surface area (Å²) < 4.78 is 41.4. The molecule has 0 atom stereocenters. The number of pyridine rings is 1. The van der Waals surface area contributed by atoms with Crippen LogP contribution in [0.5, 0.6) is 0 Å². The number of rotatable bonds is 3. The zero-order valence-electron chi connectivity index (χ0n) is 11.3. The van der Waals surface area contributed by atoms with Gasteiger partial charge in [-0.1, -0.05) is 0 Å². The number of aromatic carboxylic acids is 2. The van der Waals surface area contributed by atoms with Gasteiger partial charge in [-0.15, -0.1) is 0 Å². The van der Waals surface area contributed by atoms with E-state index >= 15 is 0 Å². The highest BCUT2D eigenvalue weighted by molar-refractivity contribution is 9.10. The van der Waals surface area contributed by atoms with Crippen LogP contribution in [-0.4, -0.2) is 27.1 Å². The van der Waals surface area contributed by atoms with Crippen LogP contribution in [0.4, 0.5) is 19.0 Å². The second kappa shape index (κ2) is 6.00. The Kier molecular flexibility index (Phi) is 4.38. The first kappa shape index (κ1) is 17.5. The molecule has 24 heavy (non-hydrogen) atoms. The molecule has 0 fully saturated rings. The van der Waals surface area contributed by atoms with Crippen molar-refractivity contribution in [1.29, 1.82) is 0 Å². The molecule has 0 aliphatic carbocycles. The van der Waals surface area contributed by atoms with Crippen LogP contribution in [0, 0.1) is 17.5 Å². The minimum Gasteiger partial charge on any atom is -0.478 e. The summed E-state index contributed by atoms with van der Waals surface area (Å²) in [6.45, 7) is 0. The maximum Gasteiger partial charge on any atom is 0.342 e. The first-order valence-corrected chi connectivity index (χ1v) is 6.72. The average Bonchev–Trinajstić information content (AvgIpc) is 2.44. The fraction of sp³-hybridized carbons (Fsp3) is 0. The van der Waals surface area contributed by atoms with Crippen molar-refractivity contribution in [3.63, 3.8) is 0 Å². The molecule has 0 bridgehead atoms. The molecule has 0 radical (unpaired) electrons. The molecule has 1 aromatic heterocycles. The van der Waals surface area contributed by atoms with Crippen molar-refractivity contribution in [3.8, 4) is 11.1 Å². The number of carboxylic acid groups (broad SMARTS) is 2. The quantitative estimate of drug-likeness (QED) is 0.577. The van der Waals surface area contributed by atoms with Crippen LogP contribution in [0.1, 0.15) is 20.7 Å². The molecule has 1 aromatic carbocycles. The minimum absolute atomic E-state index is 0.422. The summed E-state index contributed by atoms with van der Waals surface area (Å²) in [5, 5.41) is 18.3. The Morgan fingerprint density at radius 2 is 1.58 bits per heavy atom. The van der Waals surface area contributed by atoms with E-state index in [-0.39, 0.29) is 0 Å². The van der Waals surface area contributed by atoms with Crippen molar-refractivity contribution in [2.45, 2.75) is 0 Å². The van der Waals surface area contributed by atoms with E-state index < -0.39 is 67.5 Å². The number of nitrogens with two attached hydrogens (primary N) is 1. The average molecular weight is 407 g/mol. The maximum absolute atomic E-state index is 14.3. The molecule has 0 spiro atoms. The van der Waals surface area contributed by atoms with Crippen molar-refractivity contribution in [1.82, 2.24) is 4.98 Å². The number of anilines is 1. The summed E-state index contributed by atoms with van der Waals surface area (Å²) >= 11 is 2.59. The molecular formula is C13H6BrF3N2O5. The van der Waals surface area contributed by atoms with Gasteiger partial charge in [-0.3, -0.25) is 4.79 Å². The second-order valence-corrected chi connectivity index (χ2v) is 5.30. The van der Waals surface area contributed by atoms with Crippen molar-refractivity contribution in [2.24, 2.45) is 0 Å². The number of hydrogen-bond acceptors (Lipinski definition) is 4. The van der Waals surface area contributed by atoms with Crippen molar-refractivity contribution in [2.75, 3.05) is 5.73 Å². The van der Waals surface area contributed by atoms with Gasteiger partial charge in [0.05, 0.1) is 10.0 Å². The Bertz CT molecular complexity index is 932. The third-order valence-electron chi connectivity index (χ3n) is 3.03. The van der Waals surface area contributed by atoms with E-state index in [2.05, 4.69) is 15.9 Å². The number of aromatic amines is 1. The fourth-order valence-electron chi connectivity index (χ4n) is 2.09. The zero-order chi connectivity index (χ0) is 18.3. The van der Waals surface area contributed by atoms with Gasteiger partial charge in [0.2, 0.25) is 0 Å². The number of hydrogen-bond donors (Lipinski definition) is 4. The number of nitrogens with one attached hydrogen (secondary N) is 1. The SMILES string of the molecule is Nc1[nH]c(=O)c(C(=O)O)c(-c2c(F)c(F)cc(Br)c2F)c1C(=O)O. The Hall–Kier alpha value is -2.82. The lowest BCUT2D eigenvalue weighted by Crippen LogP contribution is -2.25. The first-order valence-electron chi connectivity index (χ1n) is 5.93. The van der Waals surface area contributed by atoms with Crippen LogP contribution in [0.3, 0.4) is 0 Å². The van der Waals surface area contributed by atoms with Crippen LogP contribution in [0.25, 0.3) is 11.1 Å². The molecule has 0 unspecified atom stereocenters. The molecule has 0 aliphatic rings. The van der Waals surface area contributed by atoms with Gasteiger partial charge in [-0.2, -0.15) is 0 Å². The fourth-order valence-corrected chi connectivity index (χ4v) is 2.49. The molecule has 5 N–H and O–H groups in total. The van der Waals surface area contributed by atoms with Gasteiger partial charge in [0.15, 0.2) is 11.6 Å². The van der Waals surface area contributed by atoms with Crippen LogP contribution in [0.15, 0.2) is 15.3 Å². The molecule has 2 rings (SSSR count). The van der Waals surface area contributed by atoms with Crippen LogP contribution >= 0.6 is 15.9 Å². The summed E-state index contributed by atoms with van der Waals surface area (Å²) in [4.78, 5) is 36.2. The van der Waals surface area contributed by atoms with Gasteiger partial charge < -0.3 is 20.9 Å². The maximum atomic E-state index is 14.3. The molecule has 0 aliphatic heterocycles.